The average Bonchev–Trinajstić information content (AvgIpc) is 3.37. The Hall–Kier alpha value is -2.42. The van der Waals surface area contributed by atoms with E-state index in [9.17, 15) is 0 Å². The van der Waals surface area contributed by atoms with E-state index in [4.69, 9.17) is 0 Å². The van der Waals surface area contributed by atoms with Gasteiger partial charge in [-0.15, -0.1) is 0 Å². The Kier molecular flexibility index (Phi) is 5.70. The Morgan fingerprint density at radius 2 is 1.53 bits per heavy atom. The SMILES string of the molecule is C=C(CCCCN1CC2CC1CN2Cc1ccccc1)c1ccc2ccccc2c1. The molecule has 2 unspecified atom stereocenters. The molecule has 2 heterocycles. The fourth-order valence-corrected chi connectivity index (χ4v) is 5.32. The zero-order chi connectivity index (χ0) is 20.3. The normalized spacial score (nSPS) is 21.5. The Bertz CT molecular complexity index is 1010. The minimum absolute atomic E-state index is 0.753. The maximum absolute atomic E-state index is 4.37. The molecule has 0 N–H and O–H groups in total. The number of rotatable bonds is 8. The van der Waals surface area contributed by atoms with Gasteiger partial charge in [-0.05, 0) is 65.8 Å². The third-order valence-corrected chi connectivity index (χ3v) is 7.03. The fraction of sp³-hybridized carbons (Fsp3) is 0.357. The second-order valence-corrected chi connectivity index (χ2v) is 9.08. The van der Waals surface area contributed by atoms with Gasteiger partial charge < -0.3 is 0 Å². The number of nitrogens with zero attached hydrogens (tertiary/aromatic N) is 2. The third kappa shape index (κ3) is 4.21. The molecule has 30 heavy (non-hydrogen) atoms. The molecule has 154 valence electrons. The van der Waals surface area contributed by atoms with Gasteiger partial charge in [0.1, 0.15) is 0 Å². The smallest absolute Gasteiger partial charge is 0.0242 e. The second kappa shape index (κ2) is 8.75. The van der Waals surface area contributed by atoms with Gasteiger partial charge in [0.05, 0.1) is 0 Å². The standard InChI is InChI=1S/C28H32N2/c1-22(25-15-14-24-12-5-6-13-26(24)17-25)9-7-8-16-29-20-28-18-27(29)21-30(28)19-23-10-3-2-4-11-23/h2-6,10-15,17,27-28H,1,7-9,16,18-21H2. The van der Waals surface area contributed by atoms with Crippen molar-refractivity contribution >= 4 is 16.3 Å². The van der Waals surface area contributed by atoms with Crippen molar-refractivity contribution < 1.29 is 0 Å². The molecule has 2 saturated heterocycles. The van der Waals surface area contributed by atoms with Crippen molar-refractivity contribution in [1.29, 1.82) is 0 Å². The van der Waals surface area contributed by atoms with Crippen molar-refractivity contribution in [2.24, 2.45) is 0 Å². The van der Waals surface area contributed by atoms with Gasteiger partial charge in [0.25, 0.3) is 0 Å². The number of hydrogen-bond donors (Lipinski definition) is 0. The van der Waals surface area contributed by atoms with Gasteiger partial charge >= 0.3 is 0 Å². The van der Waals surface area contributed by atoms with Gasteiger partial charge in [-0.1, -0.05) is 73.3 Å². The van der Waals surface area contributed by atoms with Crippen LogP contribution in [0, 0.1) is 0 Å². The summed E-state index contributed by atoms with van der Waals surface area (Å²) in [6, 6.07) is 27.8. The van der Waals surface area contributed by atoms with E-state index in [0.717, 1.165) is 25.0 Å². The molecule has 2 atom stereocenters. The molecule has 0 radical (unpaired) electrons. The predicted molar refractivity (Wildman–Crippen MR) is 127 cm³/mol. The highest BCUT2D eigenvalue weighted by molar-refractivity contribution is 5.86. The number of likely N-dealkylation sites (tertiary alicyclic amines) is 2. The minimum Gasteiger partial charge on any atom is -0.297 e. The summed E-state index contributed by atoms with van der Waals surface area (Å²) < 4.78 is 0. The van der Waals surface area contributed by atoms with Crippen LogP contribution in [0.15, 0.2) is 79.4 Å². The quantitative estimate of drug-likeness (QED) is 0.432. The molecule has 3 aromatic rings. The summed E-state index contributed by atoms with van der Waals surface area (Å²) in [5.74, 6) is 0. The van der Waals surface area contributed by atoms with Crippen molar-refractivity contribution in [1.82, 2.24) is 9.80 Å². The molecule has 0 aromatic heterocycles. The Balaban J connectivity index is 1.06. The number of allylic oxidation sites excluding steroid dienone is 1. The fourth-order valence-electron chi connectivity index (χ4n) is 5.32. The predicted octanol–water partition coefficient (Wildman–Crippen LogP) is 5.98. The number of hydrogen-bond acceptors (Lipinski definition) is 2. The first-order chi connectivity index (χ1) is 14.8. The molecule has 2 fully saturated rings. The van der Waals surface area contributed by atoms with Crippen LogP contribution in [0.5, 0.6) is 0 Å². The summed E-state index contributed by atoms with van der Waals surface area (Å²) in [4.78, 5) is 5.43. The highest BCUT2D eigenvalue weighted by atomic mass is 15.3. The zero-order valence-corrected chi connectivity index (χ0v) is 17.8. The maximum Gasteiger partial charge on any atom is 0.0242 e. The van der Waals surface area contributed by atoms with Crippen LogP contribution in [-0.4, -0.2) is 41.5 Å². The van der Waals surface area contributed by atoms with Crippen LogP contribution < -0.4 is 0 Å². The van der Waals surface area contributed by atoms with E-state index >= 15 is 0 Å². The molecule has 2 heteroatoms. The summed E-state index contributed by atoms with van der Waals surface area (Å²) in [5.41, 5.74) is 4.02. The van der Waals surface area contributed by atoms with Crippen LogP contribution in [0.25, 0.3) is 16.3 Å². The number of unbranched alkanes of at least 4 members (excludes halogenated alkanes) is 1. The van der Waals surface area contributed by atoms with E-state index in [-0.39, 0.29) is 0 Å². The first kappa shape index (κ1) is 19.5. The lowest BCUT2D eigenvalue weighted by Crippen LogP contribution is -2.46. The molecule has 2 nitrogen and oxygen atoms in total. The largest absolute Gasteiger partial charge is 0.297 e. The summed E-state index contributed by atoms with van der Waals surface area (Å²) in [6.45, 7) is 9.22. The summed E-state index contributed by atoms with van der Waals surface area (Å²) in [7, 11) is 0. The molecule has 2 aliphatic rings. The molecule has 2 aliphatic heterocycles. The van der Waals surface area contributed by atoms with Gasteiger partial charge in [-0.2, -0.15) is 0 Å². The first-order valence-electron chi connectivity index (χ1n) is 11.5. The minimum atomic E-state index is 0.753. The van der Waals surface area contributed by atoms with Crippen molar-refractivity contribution in [2.75, 3.05) is 19.6 Å². The number of fused-ring (bicyclic) bond motifs is 3. The Morgan fingerprint density at radius 3 is 2.33 bits per heavy atom. The van der Waals surface area contributed by atoms with E-state index < -0.39 is 0 Å². The zero-order valence-electron chi connectivity index (χ0n) is 17.8. The lowest BCUT2D eigenvalue weighted by Gasteiger charge is -2.34. The summed E-state index contributed by atoms with van der Waals surface area (Å²) in [6.07, 6.45) is 4.96. The molecule has 3 aromatic carbocycles. The average molecular weight is 397 g/mol. The lowest BCUT2D eigenvalue weighted by molar-refractivity contribution is 0.121. The Labute approximate surface area is 180 Å². The van der Waals surface area contributed by atoms with E-state index in [1.807, 2.05) is 0 Å². The van der Waals surface area contributed by atoms with Crippen molar-refractivity contribution in [3.05, 3.63) is 90.5 Å². The number of benzene rings is 3. The second-order valence-electron chi connectivity index (χ2n) is 9.08. The lowest BCUT2D eigenvalue weighted by atomic mass is 9.98. The molecular formula is C28H32N2. The molecule has 0 amide bonds. The van der Waals surface area contributed by atoms with Gasteiger partial charge in [-0.3, -0.25) is 9.80 Å². The van der Waals surface area contributed by atoms with Crippen LogP contribution in [0.3, 0.4) is 0 Å². The van der Waals surface area contributed by atoms with E-state index in [1.54, 1.807) is 0 Å². The van der Waals surface area contributed by atoms with Crippen LogP contribution in [0.2, 0.25) is 0 Å². The molecule has 5 rings (SSSR count). The third-order valence-electron chi connectivity index (χ3n) is 7.03. The van der Waals surface area contributed by atoms with E-state index in [0.29, 0.717) is 0 Å². The highest BCUT2D eigenvalue weighted by Gasteiger charge is 2.42. The maximum atomic E-state index is 4.37. The van der Waals surface area contributed by atoms with Gasteiger partial charge in [0, 0.05) is 31.7 Å². The van der Waals surface area contributed by atoms with E-state index in [2.05, 4.69) is 89.2 Å². The Morgan fingerprint density at radius 1 is 0.800 bits per heavy atom. The van der Waals surface area contributed by atoms with Crippen LogP contribution in [-0.2, 0) is 6.54 Å². The molecule has 0 aliphatic carbocycles. The van der Waals surface area contributed by atoms with Crippen LogP contribution >= 0.6 is 0 Å². The molecule has 2 bridgehead atoms. The highest BCUT2D eigenvalue weighted by Crippen LogP contribution is 2.32. The molecule has 0 saturated carbocycles. The van der Waals surface area contributed by atoms with Gasteiger partial charge in [0.15, 0.2) is 0 Å². The van der Waals surface area contributed by atoms with Crippen LogP contribution in [0.4, 0.5) is 0 Å². The monoisotopic (exact) mass is 396 g/mol. The summed E-state index contributed by atoms with van der Waals surface area (Å²) >= 11 is 0. The van der Waals surface area contributed by atoms with Gasteiger partial charge in [-0.25, -0.2) is 0 Å². The molecule has 0 spiro atoms. The van der Waals surface area contributed by atoms with Crippen LogP contribution in [0.1, 0.15) is 36.8 Å². The van der Waals surface area contributed by atoms with E-state index in [1.165, 1.54) is 66.4 Å². The van der Waals surface area contributed by atoms with Crippen molar-refractivity contribution in [3.8, 4) is 0 Å². The van der Waals surface area contributed by atoms with Crippen molar-refractivity contribution in [2.45, 2.75) is 44.3 Å². The van der Waals surface area contributed by atoms with Gasteiger partial charge in [0.2, 0.25) is 0 Å². The topological polar surface area (TPSA) is 6.48 Å². The molecular weight excluding hydrogens is 364 g/mol. The summed E-state index contributed by atoms with van der Waals surface area (Å²) in [5, 5.41) is 2.61. The number of piperazine rings is 1. The first-order valence-corrected chi connectivity index (χ1v) is 11.5. The van der Waals surface area contributed by atoms with Crippen molar-refractivity contribution in [3.63, 3.8) is 0 Å².